The molecule has 0 aliphatic carbocycles. The van der Waals surface area contributed by atoms with Crippen molar-refractivity contribution in [1.29, 1.82) is 5.41 Å². The second-order valence-corrected chi connectivity index (χ2v) is 10.1. The first kappa shape index (κ1) is 27.6. The van der Waals surface area contributed by atoms with E-state index in [2.05, 4.69) is 15.3 Å². The van der Waals surface area contributed by atoms with Gasteiger partial charge in [0.05, 0.1) is 24.2 Å². The predicted molar refractivity (Wildman–Crippen MR) is 144 cm³/mol. The number of nitrogens with one attached hydrogen (secondary N) is 2. The summed E-state index contributed by atoms with van der Waals surface area (Å²) < 4.78 is 6.71. The van der Waals surface area contributed by atoms with Crippen molar-refractivity contribution in [2.24, 2.45) is 10.7 Å². The van der Waals surface area contributed by atoms with E-state index in [0.29, 0.717) is 18.8 Å². The Hall–Kier alpha value is -3.99. The molecule has 0 unspecified atom stereocenters. The first-order chi connectivity index (χ1) is 17.4. The van der Waals surface area contributed by atoms with Crippen LogP contribution in [-0.4, -0.2) is 62.4 Å². The summed E-state index contributed by atoms with van der Waals surface area (Å²) in [7, 11) is 0. The van der Waals surface area contributed by atoms with Crippen LogP contribution in [0.1, 0.15) is 46.1 Å². The number of piperidine rings is 1. The number of hydrogen-bond donors (Lipinski definition) is 4. The zero-order valence-corrected chi connectivity index (χ0v) is 21.7. The molecule has 37 heavy (non-hydrogen) atoms. The fourth-order valence-electron chi connectivity index (χ4n) is 3.74. The van der Waals surface area contributed by atoms with Crippen molar-refractivity contribution in [2.45, 2.75) is 58.3 Å². The number of carbonyl (C=O) groups excluding carboxylic acids is 1. The highest BCUT2D eigenvalue weighted by Gasteiger charge is 2.36. The maximum atomic E-state index is 13.1. The van der Waals surface area contributed by atoms with E-state index in [9.17, 15) is 14.7 Å². The van der Waals surface area contributed by atoms with Gasteiger partial charge in [-0.3, -0.25) is 14.4 Å². The largest absolute Gasteiger partial charge is 0.444 e. The summed E-state index contributed by atoms with van der Waals surface area (Å²) in [5.41, 5.74) is 5.52. The van der Waals surface area contributed by atoms with Gasteiger partial charge in [-0.15, -0.1) is 0 Å². The minimum absolute atomic E-state index is 0.00543. The number of aromatic nitrogens is 2. The zero-order chi connectivity index (χ0) is 27.2. The van der Waals surface area contributed by atoms with E-state index in [-0.39, 0.29) is 30.8 Å². The van der Waals surface area contributed by atoms with Crippen molar-refractivity contribution in [3.63, 3.8) is 0 Å². The second kappa shape index (κ2) is 11.4. The number of anilines is 2. The van der Waals surface area contributed by atoms with E-state index >= 15 is 0 Å². The fraction of sp³-hybridized carbons (Fsp3) is 0.423. The van der Waals surface area contributed by atoms with Crippen LogP contribution in [0, 0.1) is 5.41 Å². The van der Waals surface area contributed by atoms with Crippen molar-refractivity contribution in [2.75, 3.05) is 18.4 Å². The molecule has 11 heteroatoms. The summed E-state index contributed by atoms with van der Waals surface area (Å²) >= 11 is 0. The third-order valence-electron chi connectivity index (χ3n) is 5.84. The van der Waals surface area contributed by atoms with Gasteiger partial charge < -0.3 is 31.2 Å². The summed E-state index contributed by atoms with van der Waals surface area (Å²) in [5.74, 6) is 0.237. The quantitative estimate of drug-likeness (QED) is 0.417. The molecule has 3 rings (SSSR count). The number of nitrogens with zero attached hydrogens (tertiary/aromatic N) is 4. The van der Waals surface area contributed by atoms with Gasteiger partial charge >= 0.3 is 6.09 Å². The Morgan fingerprint density at radius 2 is 1.95 bits per heavy atom. The molecule has 1 aliphatic heterocycles. The van der Waals surface area contributed by atoms with Gasteiger partial charge in [-0.25, -0.2) is 9.78 Å². The maximum absolute atomic E-state index is 13.1. The van der Waals surface area contributed by atoms with E-state index in [1.54, 1.807) is 56.2 Å². The molecule has 5 N–H and O–H groups in total. The van der Waals surface area contributed by atoms with Gasteiger partial charge in [0, 0.05) is 31.2 Å². The molecular weight excluding hydrogens is 474 g/mol. The highest BCUT2D eigenvalue weighted by molar-refractivity contribution is 5.85. The predicted octanol–water partition coefficient (Wildman–Crippen LogP) is 3.31. The lowest BCUT2D eigenvalue weighted by Crippen LogP contribution is -2.50. The van der Waals surface area contributed by atoms with Crippen LogP contribution in [0.2, 0.25) is 0 Å². The molecule has 1 fully saturated rings. The van der Waals surface area contributed by atoms with E-state index in [4.69, 9.17) is 15.9 Å². The highest BCUT2D eigenvalue weighted by Crippen LogP contribution is 2.26. The molecule has 2 aromatic rings. The molecule has 0 atom stereocenters. The third-order valence-corrected chi connectivity index (χ3v) is 5.84. The van der Waals surface area contributed by atoms with Gasteiger partial charge in [0.1, 0.15) is 17.0 Å². The normalized spacial score (nSPS) is 16.0. The average molecular weight is 510 g/mol. The van der Waals surface area contributed by atoms with Crippen molar-refractivity contribution >= 4 is 35.7 Å². The molecule has 1 amide bonds. The molecule has 0 saturated carbocycles. The van der Waals surface area contributed by atoms with Crippen molar-refractivity contribution in [3.05, 3.63) is 58.3 Å². The molecule has 11 nitrogen and oxygen atoms in total. The third kappa shape index (κ3) is 7.50. The summed E-state index contributed by atoms with van der Waals surface area (Å²) in [6, 6.07) is 7.17. The van der Waals surface area contributed by atoms with Gasteiger partial charge in [0.2, 0.25) is 0 Å². The van der Waals surface area contributed by atoms with Gasteiger partial charge in [-0.2, -0.15) is 0 Å². The zero-order valence-electron chi connectivity index (χ0n) is 21.7. The lowest BCUT2D eigenvalue weighted by atomic mass is 9.91. The lowest BCUT2D eigenvalue weighted by molar-refractivity contribution is -0.0420. The van der Waals surface area contributed by atoms with E-state index in [0.717, 1.165) is 17.5 Å². The van der Waals surface area contributed by atoms with Crippen LogP contribution in [0.5, 0.6) is 0 Å². The maximum Gasteiger partial charge on any atom is 0.410 e. The SMILES string of the molecule is CC(C=Nc1ccc(Nc2ncn(CC3(O)CCN(C(=O)OC(C)(C)C)CC3)c(=O)c2C=N)cc1)=CN. The number of aliphatic hydroxyl groups is 1. The molecule has 1 saturated heterocycles. The van der Waals surface area contributed by atoms with Crippen molar-refractivity contribution in [3.8, 4) is 0 Å². The number of amides is 1. The Bertz CT molecular complexity index is 1240. The fourth-order valence-corrected chi connectivity index (χ4v) is 3.74. The molecule has 1 aliphatic rings. The Kier molecular flexibility index (Phi) is 8.49. The molecule has 198 valence electrons. The van der Waals surface area contributed by atoms with Crippen molar-refractivity contribution < 1.29 is 14.6 Å². The van der Waals surface area contributed by atoms with Crippen LogP contribution in [0.25, 0.3) is 0 Å². The van der Waals surface area contributed by atoms with Gasteiger partial charge in [-0.05, 0) is 76.6 Å². The monoisotopic (exact) mass is 509 g/mol. The van der Waals surface area contributed by atoms with Gasteiger partial charge in [0.25, 0.3) is 5.56 Å². The van der Waals surface area contributed by atoms with E-state index < -0.39 is 22.9 Å². The van der Waals surface area contributed by atoms with Crippen LogP contribution in [0.15, 0.2) is 52.2 Å². The van der Waals surface area contributed by atoms with Gasteiger partial charge in [0.15, 0.2) is 0 Å². The standard InChI is InChI=1S/C26H35N7O4/c1-18(13-27)15-29-19-5-7-20(8-6-19)31-22-21(14-28)23(34)33(17-30-22)16-26(36)9-11-32(12-10-26)24(35)37-25(2,3)4/h5-8,13-15,17,28,31,36H,9-12,16,27H2,1-4H3. The lowest BCUT2D eigenvalue weighted by Gasteiger charge is -2.38. The number of rotatable bonds is 7. The number of hydrogen-bond acceptors (Lipinski definition) is 9. The average Bonchev–Trinajstić information content (AvgIpc) is 2.84. The Morgan fingerprint density at radius 1 is 1.30 bits per heavy atom. The number of nitrogens with two attached hydrogens (primary N) is 1. The minimum Gasteiger partial charge on any atom is -0.444 e. The summed E-state index contributed by atoms with van der Waals surface area (Å²) in [5, 5.41) is 21.9. The van der Waals surface area contributed by atoms with E-state index in [1.807, 2.05) is 6.92 Å². The smallest absolute Gasteiger partial charge is 0.410 e. The highest BCUT2D eigenvalue weighted by atomic mass is 16.6. The molecule has 1 aromatic carbocycles. The van der Waals surface area contributed by atoms with Crippen molar-refractivity contribution in [1.82, 2.24) is 14.5 Å². The minimum atomic E-state index is -1.19. The summed E-state index contributed by atoms with van der Waals surface area (Å²) in [4.78, 5) is 35.6. The Labute approximate surface area is 216 Å². The van der Waals surface area contributed by atoms with Crippen LogP contribution in [-0.2, 0) is 11.3 Å². The number of benzene rings is 1. The first-order valence-electron chi connectivity index (χ1n) is 12.0. The Morgan fingerprint density at radius 3 is 2.51 bits per heavy atom. The topological polar surface area (TPSA) is 159 Å². The molecule has 0 bridgehead atoms. The number of carbonyl (C=O) groups is 1. The number of aliphatic imine (C=N–C) groups is 1. The van der Waals surface area contributed by atoms with E-state index in [1.165, 1.54) is 17.1 Å². The van der Waals surface area contributed by atoms with Crippen LogP contribution >= 0.6 is 0 Å². The second-order valence-electron chi connectivity index (χ2n) is 10.1. The molecular formula is C26H35N7O4. The van der Waals surface area contributed by atoms with Crippen LogP contribution in [0.3, 0.4) is 0 Å². The molecule has 2 heterocycles. The van der Waals surface area contributed by atoms with Crippen LogP contribution < -0.4 is 16.6 Å². The molecule has 0 radical (unpaired) electrons. The molecule has 0 spiro atoms. The first-order valence-corrected chi connectivity index (χ1v) is 12.0. The summed E-state index contributed by atoms with van der Waals surface area (Å²) in [6.45, 7) is 7.88. The van der Waals surface area contributed by atoms with Crippen LogP contribution in [0.4, 0.5) is 22.0 Å². The number of ether oxygens (including phenoxy) is 1. The van der Waals surface area contributed by atoms with Gasteiger partial charge in [-0.1, -0.05) is 0 Å². The molecule has 1 aromatic heterocycles. The summed E-state index contributed by atoms with van der Waals surface area (Å²) in [6.07, 6.45) is 5.59. The number of likely N-dealkylation sites (tertiary alicyclic amines) is 1. The Balaban J connectivity index is 1.69. The number of allylic oxidation sites excluding steroid dienone is 1.